The Kier molecular flexibility index (Phi) is 3.27. The molecule has 0 aliphatic rings. The molecule has 0 aromatic rings. The number of carbonyl (C=O) groups excluding carboxylic acids is 1. The van der Waals surface area contributed by atoms with E-state index in [1.165, 1.54) is 0 Å². The van der Waals surface area contributed by atoms with Gasteiger partial charge in [0.25, 0.3) is 0 Å². The zero-order valence-electron chi connectivity index (χ0n) is 6.04. The standard InChI is InChI=1S/C5H9O5/c1-8-4(6)5(7,9-2)10-3/h1-3H3. The van der Waals surface area contributed by atoms with Crippen LogP contribution >= 0.6 is 0 Å². The number of rotatable bonds is 3. The minimum atomic E-state index is -2.52. The zero-order valence-corrected chi connectivity index (χ0v) is 6.04. The van der Waals surface area contributed by atoms with E-state index in [1.54, 1.807) is 0 Å². The molecule has 0 heterocycles. The number of carbonyl (C=O) groups is 1. The van der Waals surface area contributed by atoms with Gasteiger partial charge in [0.15, 0.2) is 0 Å². The summed E-state index contributed by atoms with van der Waals surface area (Å²) in [6.45, 7) is 0. The topological polar surface area (TPSA) is 64.7 Å². The zero-order chi connectivity index (χ0) is 8.20. The van der Waals surface area contributed by atoms with Crippen LogP contribution in [0.4, 0.5) is 0 Å². The molecular formula is C5H9O5. The van der Waals surface area contributed by atoms with E-state index in [0.717, 1.165) is 21.3 Å². The molecule has 0 fully saturated rings. The molecule has 0 N–H and O–H groups in total. The normalized spacial score (nSPS) is 11.2. The lowest BCUT2D eigenvalue weighted by Gasteiger charge is -2.17. The molecular weight excluding hydrogens is 140 g/mol. The molecule has 59 valence electrons. The first-order chi connectivity index (χ1) is 4.60. The van der Waals surface area contributed by atoms with Gasteiger partial charge in [-0.3, -0.25) is 0 Å². The van der Waals surface area contributed by atoms with Crippen molar-refractivity contribution in [2.75, 3.05) is 21.3 Å². The maximum absolute atomic E-state index is 10.9. The fourth-order valence-electron chi connectivity index (χ4n) is 0.375. The maximum Gasteiger partial charge on any atom is 0.413 e. The summed E-state index contributed by atoms with van der Waals surface area (Å²) < 4.78 is 12.5. The van der Waals surface area contributed by atoms with Gasteiger partial charge in [-0.05, 0) is 0 Å². The summed E-state index contributed by atoms with van der Waals surface area (Å²) in [6, 6.07) is 0. The van der Waals surface area contributed by atoms with Crippen molar-refractivity contribution < 1.29 is 24.1 Å². The van der Waals surface area contributed by atoms with Crippen molar-refractivity contribution in [3.63, 3.8) is 0 Å². The van der Waals surface area contributed by atoms with Crippen molar-refractivity contribution in [2.45, 2.75) is 5.97 Å². The molecule has 0 atom stereocenters. The van der Waals surface area contributed by atoms with Crippen molar-refractivity contribution in [1.82, 2.24) is 0 Å². The van der Waals surface area contributed by atoms with Gasteiger partial charge < -0.3 is 14.2 Å². The van der Waals surface area contributed by atoms with Gasteiger partial charge in [0, 0.05) is 14.2 Å². The molecule has 0 unspecified atom stereocenters. The van der Waals surface area contributed by atoms with Crippen LogP contribution in [0.1, 0.15) is 0 Å². The van der Waals surface area contributed by atoms with Crippen molar-refractivity contribution in [1.29, 1.82) is 0 Å². The van der Waals surface area contributed by atoms with Crippen LogP contribution in [0.25, 0.3) is 0 Å². The first kappa shape index (κ1) is 9.35. The highest BCUT2D eigenvalue weighted by molar-refractivity contribution is 5.75. The van der Waals surface area contributed by atoms with Gasteiger partial charge in [0.1, 0.15) is 0 Å². The predicted molar refractivity (Wildman–Crippen MR) is 29.5 cm³/mol. The summed E-state index contributed by atoms with van der Waals surface area (Å²) in [5, 5.41) is 10.9. The van der Waals surface area contributed by atoms with E-state index in [2.05, 4.69) is 14.2 Å². The van der Waals surface area contributed by atoms with Crippen molar-refractivity contribution in [2.24, 2.45) is 0 Å². The van der Waals surface area contributed by atoms with E-state index in [9.17, 15) is 9.90 Å². The molecule has 1 radical (unpaired) electrons. The second kappa shape index (κ2) is 3.50. The first-order valence-corrected chi connectivity index (χ1v) is 2.50. The number of hydrogen-bond acceptors (Lipinski definition) is 4. The molecule has 0 aromatic heterocycles. The molecule has 0 aliphatic carbocycles. The summed E-state index contributed by atoms with van der Waals surface area (Å²) >= 11 is 0. The Morgan fingerprint density at radius 2 is 1.60 bits per heavy atom. The third kappa shape index (κ3) is 1.66. The molecule has 0 aliphatic heterocycles. The average Bonchev–Trinajstić information content (AvgIpc) is 2.01. The number of esters is 1. The molecule has 0 aromatic carbocycles. The van der Waals surface area contributed by atoms with E-state index in [0.29, 0.717) is 0 Å². The summed E-state index contributed by atoms with van der Waals surface area (Å²) in [4.78, 5) is 10.5. The molecule has 5 heteroatoms. The molecule has 10 heavy (non-hydrogen) atoms. The van der Waals surface area contributed by atoms with Crippen LogP contribution in [0.2, 0.25) is 0 Å². The van der Waals surface area contributed by atoms with E-state index in [4.69, 9.17) is 0 Å². The van der Waals surface area contributed by atoms with Gasteiger partial charge in [-0.2, -0.15) is 5.11 Å². The Labute approximate surface area is 58.5 Å². The predicted octanol–water partition coefficient (Wildman–Crippen LogP) is -0.464. The summed E-state index contributed by atoms with van der Waals surface area (Å²) in [6.07, 6.45) is 0. The van der Waals surface area contributed by atoms with Crippen LogP contribution in [0.5, 0.6) is 0 Å². The molecule has 0 spiro atoms. The number of methoxy groups -OCH3 is 3. The molecule has 5 nitrogen and oxygen atoms in total. The quantitative estimate of drug-likeness (QED) is 0.402. The van der Waals surface area contributed by atoms with Crippen LogP contribution in [-0.4, -0.2) is 33.3 Å². The third-order valence-corrected chi connectivity index (χ3v) is 0.973. The monoisotopic (exact) mass is 149 g/mol. The highest BCUT2D eigenvalue weighted by Crippen LogP contribution is 2.08. The van der Waals surface area contributed by atoms with Gasteiger partial charge in [0.2, 0.25) is 0 Å². The van der Waals surface area contributed by atoms with E-state index < -0.39 is 11.9 Å². The summed E-state index contributed by atoms with van der Waals surface area (Å²) in [7, 11) is 3.20. The summed E-state index contributed by atoms with van der Waals surface area (Å²) in [5.41, 5.74) is 0. The Hall–Kier alpha value is -0.650. The second-order valence-electron chi connectivity index (χ2n) is 1.46. The maximum atomic E-state index is 10.9. The SMILES string of the molecule is COC(=O)C([O])(OC)OC. The second-order valence-corrected chi connectivity index (χ2v) is 1.46. The van der Waals surface area contributed by atoms with E-state index in [1.807, 2.05) is 0 Å². The van der Waals surface area contributed by atoms with Gasteiger partial charge in [-0.25, -0.2) is 4.79 Å². The molecule has 0 bridgehead atoms. The largest absolute Gasteiger partial charge is 0.463 e. The van der Waals surface area contributed by atoms with Crippen LogP contribution < -0.4 is 0 Å². The highest BCUT2D eigenvalue weighted by atomic mass is 16.8. The highest BCUT2D eigenvalue weighted by Gasteiger charge is 2.40. The van der Waals surface area contributed by atoms with Crippen LogP contribution in [0.3, 0.4) is 0 Å². The minimum Gasteiger partial charge on any atom is -0.463 e. The third-order valence-electron chi connectivity index (χ3n) is 0.973. The first-order valence-electron chi connectivity index (χ1n) is 2.50. The molecule has 0 amide bonds. The molecule has 0 saturated carbocycles. The fraction of sp³-hybridized carbons (Fsp3) is 0.800. The average molecular weight is 149 g/mol. The van der Waals surface area contributed by atoms with Gasteiger partial charge in [-0.15, -0.1) is 0 Å². The number of hydrogen-bond donors (Lipinski definition) is 0. The van der Waals surface area contributed by atoms with Crippen LogP contribution in [-0.2, 0) is 24.1 Å². The van der Waals surface area contributed by atoms with Gasteiger partial charge in [0.05, 0.1) is 7.11 Å². The van der Waals surface area contributed by atoms with Crippen molar-refractivity contribution in [3.05, 3.63) is 0 Å². The molecule has 0 saturated heterocycles. The van der Waals surface area contributed by atoms with Gasteiger partial charge >= 0.3 is 11.9 Å². The van der Waals surface area contributed by atoms with Crippen LogP contribution in [0.15, 0.2) is 0 Å². The number of ether oxygens (including phenoxy) is 3. The van der Waals surface area contributed by atoms with Crippen molar-refractivity contribution in [3.8, 4) is 0 Å². The van der Waals surface area contributed by atoms with Crippen LogP contribution in [0, 0.1) is 0 Å². The molecule has 0 rings (SSSR count). The Balaban J connectivity index is 4.17. The lowest BCUT2D eigenvalue weighted by atomic mass is 10.5. The smallest absolute Gasteiger partial charge is 0.413 e. The van der Waals surface area contributed by atoms with Gasteiger partial charge in [-0.1, -0.05) is 0 Å². The lowest BCUT2D eigenvalue weighted by Crippen LogP contribution is -2.41. The Morgan fingerprint density at radius 1 is 1.20 bits per heavy atom. The van der Waals surface area contributed by atoms with E-state index in [-0.39, 0.29) is 0 Å². The Bertz CT molecular complexity index is 117. The fourth-order valence-corrected chi connectivity index (χ4v) is 0.375. The van der Waals surface area contributed by atoms with E-state index >= 15 is 0 Å². The van der Waals surface area contributed by atoms with Crippen molar-refractivity contribution >= 4 is 5.97 Å². The minimum absolute atomic E-state index is 1.06. The Morgan fingerprint density at radius 3 is 1.70 bits per heavy atom. The summed E-state index contributed by atoms with van der Waals surface area (Å²) in [5.74, 6) is -3.62. The lowest BCUT2D eigenvalue weighted by molar-refractivity contribution is -0.352.